The average Bonchev–Trinajstić information content (AvgIpc) is 1.59. The van der Waals surface area contributed by atoms with Gasteiger partial charge >= 0.3 is 11.9 Å². The topological polar surface area (TPSA) is 384 Å². The summed E-state index contributed by atoms with van der Waals surface area (Å²) in [5.41, 5.74) is 20.4. The van der Waals surface area contributed by atoms with Crippen molar-refractivity contribution >= 4 is 85.1 Å². The van der Waals surface area contributed by atoms with Crippen molar-refractivity contribution in [1.82, 2.24) is 43.8 Å². The number of pyridine rings is 2. The van der Waals surface area contributed by atoms with Crippen molar-refractivity contribution in [1.29, 1.82) is 0 Å². The molecule has 0 spiro atoms. The summed E-state index contributed by atoms with van der Waals surface area (Å²) in [7, 11) is 6.54. The molecule has 142 heavy (non-hydrogen) atoms. The molecule has 6 aromatic rings. The zero-order valence-corrected chi connectivity index (χ0v) is 88.0. The molecule has 2 aromatic carbocycles. The summed E-state index contributed by atoms with van der Waals surface area (Å²) in [6, 6.07) is 13.3. The summed E-state index contributed by atoms with van der Waals surface area (Å²) in [6.45, 7) is 48.7. The molecule has 4 N–H and O–H groups in total. The maximum absolute atomic E-state index is 11.6. The molecule has 38 nitrogen and oxygen atoms in total. The van der Waals surface area contributed by atoms with Crippen molar-refractivity contribution in [3.05, 3.63) is 48.0 Å². The summed E-state index contributed by atoms with van der Waals surface area (Å²) in [6.07, 6.45) is 14.7. The number of esters is 2. The first kappa shape index (κ1) is 126. The standard InChI is InChI=1S/C51H89N7O12.C27H52O13.C25H38N6.CH4/c1-7-8-11-46-54-48-49(44-42-43(12-13-45(44)53-50(48)52)57-19-17-56(6)18-20-57)58(46)16-10-9-15-55(5)21-23-61-25-27-63-29-31-65-33-35-67-37-39-69-41-40-68-38-36-66-34-32-64-30-28-62-26-24-60-22-14-47(59)70-51(2,3)4;1-27(2,3)40-26(29)4-6-30-8-10-32-12-14-34-16-18-36-20-22-38-24-25-39-23-21-37-19-17-35-15-13-33-11-9-31-7-5-28;1-4-6-8-9-13-31-22(10-7-5-2)28-23-24(31)20-18-19(11-12-21(20)27-25(23)26)30-16-14-29(3)15-17-30;/h12-13,42H,7-11,14-41H2,1-6H3,(H2,52,53);5H,4,6-25H2,1-3H3;11-12,18H,4-10,13-17H2,1-3H3,(H2,26,27);1H4. The molecular weight excluding hydrogens is 1830 g/mol. The zero-order valence-electron chi connectivity index (χ0n) is 88.0. The van der Waals surface area contributed by atoms with Crippen LogP contribution in [-0.4, -0.2) is 424 Å². The van der Waals surface area contributed by atoms with Gasteiger partial charge in [0.05, 0.1) is 293 Å². The number of unbranched alkanes of at least 4 members (excludes halogenated alkanes) is 6. The van der Waals surface area contributed by atoms with Crippen molar-refractivity contribution in [2.45, 2.75) is 184 Å². The number of hydrogen-bond donors (Lipinski definition) is 2. The summed E-state index contributed by atoms with van der Waals surface area (Å²) in [5, 5.41) is 2.32. The SMILES string of the molecule is C.CC(C)(C)OC(=O)CCOCCOCCOCCOCCOCCOCCOCCOCCOCCOCC=O.CCCCCCn1c(CCCC)nc2c(N)nc3ccc(N4CCN(C)CC4)cc3c21.CCCCc1nc2c(N)nc3ccc(N4CCN(C)CC4)cc3c2n1CCCCN(C)CCOCCOCCOCCOCCOCCOCCOCCOCCOCCOCCC(=O)OC(C)(C)C. The van der Waals surface area contributed by atoms with Crippen molar-refractivity contribution in [3.8, 4) is 0 Å². The van der Waals surface area contributed by atoms with E-state index in [0.717, 1.165) is 162 Å². The Balaban J connectivity index is 0.000000414. The van der Waals surface area contributed by atoms with Crippen LogP contribution in [0, 0.1) is 0 Å². The number of aromatic nitrogens is 6. The highest BCUT2D eigenvalue weighted by Gasteiger charge is 2.25. The monoisotopic (exact) mass is 2010 g/mol. The van der Waals surface area contributed by atoms with Gasteiger partial charge in [0.25, 0.3) is 0 Å². The van der Waals surface area contributed by atoms with Crippen molar-refractivity contribution < 1.29 is 119 Å². The fourth-order valence-electron chi connectivity index (χ4n) is 14.9. The minimum Gasteiger partial charge on any atom is -0.460 e. The molecule has 2 aliphatic heterocycles. The van der Waals surface area contributed by atoms with Crippen LogP contribution in [-0.2, 0) is 145 Å². The summed E-state index contributed by atoms with van der Waals surface area (Å²) in [5.74, 6) is 2.81. The highest BCUT2D eigenvalue weighted by atomic mass is 16.6. The lowest BCUT2D eigenvalue weighted by atomic mass is 10.1. The van der Waals surface area contributed by atoms with Gasteiger partial charge < -0.3 is 154 Å². The van der Waals surface area contributed by atoms with Gasteiger partial charge in [0.2, 0.25) is 0 Å². The number of hydrogen-bond acceptors (Lipinski definition) is 36. The molecule has 8 rings (SSSR count). The number of carbonyl (C=O) groups excluding carboxylic acids is 3. The molecule has 0 unspecified atom stereocenters. The van der Waals surface area contributed by atoms with Crippen LogP contribution in [0.25, 0.3) is 43.9 Å². The number of aryl methyl sites for hydroxylation is 4. The van der Waals surface area contributed by atoms with E-state index in [-0.39, 0.29) is 38.8 Å². The number of anilines is 4. The smallest absolute Gasteiger partial charge is 0.308 e. The Morgan fingerprint density at radius 2 is 0.627 bits per heavy atom. The molecule has 2 aliphatic rings. The number of rotatable bonds is 83. The van der Waals surface area contributed by atoms with E-state index in [1.165, 1.54) is 60.2 Å². The number of benzene rings is 2. The first-order valence-electron chi connectivity index (χ1n) is 51.8. The van der Waals surface area contributed by atoms with Crippen molar-refractivity contribution in [2.75, 3.05) is 372 Å². The second-order valence-corrected chi connectivity index (χ2v) is 36.6. The Hall–Kier alpha value is -6.91. The van der Waals surface area contributed by atoms with E-state index < -0.39 is 11.2 Å². The molecule has 6 heterocycles. The molecule has 814 valence electrons. The van der Waals surface area contributed by atoms with E-state index in [0.29, 0.717) is 276 Å². The molecule has 4 aromatic heterocycles. The Morgan fingerprint density at radius 1 is 0.352 bits per heavy atom. The molecule has 38 heteroatoms. The van der Waals surface area contributed by atoms with Crippen LogP contribution in [0.1, 0.15) is 158 Å². The van der Waals surface area contributed by atoms with Crippen LogP contribution >= 0.6 is 0 Å². The number of imidazole rings is 2. The number of nitrogens with two attached hydrogens (primary N) is 2. The largest absolute Gasteiger partial charge is 0.460 e. The first-order valence-corrected chi connectivity index (χ1v) is 51.8. The molecule has 0 bridgehead atoms. The van der Waals surface area contributed by atoms with Crippen molar-refractivity contribution in [2.24, 2.45) is 0 Å². The second-order valence-electron chi connectivity index (χ2n) is 36.6. The van der Waals surface area contributed by atoms with Gasteiger partial charge in [-0.1, -0.05) is 60.3 Å². The fourth-order valence-corrected chi connectivity index (χ4v) is 14.9. The average molecular weight is 2020 g/mol. The third-order valence-electron chi connectivity index (χ3n) is 22.4. The molecule has 2 saturated heterocycles. The molecule has 0 radical (unpaired) electrons. The lowest BCUT2D eigenvalue weighted by Gasteiger charge is -2.34. The van der Waals surface area contributed by atoms with Crippen LogP contribution in [0.5, 0.6) is 0 Å². The highest BCUT2D eigenvalue weighted by molar-refractivity contribution is 6.09. The number of piperazine rings is 2. The maximum atomic E-state index is 11.6. The fraction of sp³-hybridized carbons (Fsp3) is 0.779. The third kappa shape index (κ3) is 56.9. The van der Waals surface area contributed by atoms with Crippen LogP contribution in [0.15, 0.2) is 36.4 Å². The van der Waals surface area contributed by atoms with E-state index in [9.17, 15) is 14.4 Å². The van der Waals surface area contributed by atoms with Crippen LogP contribution in [0.3, 0.4) is 0 Å². The van der Waals surface area contributed by atoms with Gasteiger partial charge in [-0.3, -0.25) is 9.59 Å². The van der Waals surface area contributed by atoms with Crippen LogP contribution < -0.4 is 21.3 Å². The lowest BCUT2D eigenvalue weighted by molar-refractivity contribution is -0.157. The predicted octanol–water partition coefficient (Wildman–Crippen LogP) is 11.4. The predicted molar refractivity (Wildman–Crippen MR) is 557 cm³/mol. The van der Waals surface area contributed by atoms with Crippen LogP contribution in [0.4, 0.5) is 23.0 Å². The summed E-state index contributed by atoms with van der Waals surface area (Å²) >= 11 is 0. The minimum absolute atomic E-state index is 0. The molecule has 0 atom stereocenters. The van der Waals surface area contributed by atoms with E-state index in [1.807, 2.05) is 41.5 Å². The maximum Gasteiger partial charge on any atom is 0.308 e. The van der Waals surface area contributed by atoms with Crippen molar-refractivity contribution in [3.63, 3.8) is 0 Å². The van der Waals surface area contributed by atoms with E-state index in [2.05, 4.69) is 112 Å². The van der Waals surface area contributed by atoms with E-state index in [1.54, 1.807) is 0 Å². The summed E-state index contributed by atoms with van der Waals surface area (Å²) < 4.78 is 124. The Bertz CT molecular complexity index is 4170. The van der Waals surface area contributed by atoms with E-state index >= 15 is 0 Å². The quantitative estimate of drug-likeness (QED) is 0.0203. The van der Waals surface area contributed by atoms with Gasteiger partial charge in [0.15, 0.2) is 11.6 Å². The Labute approximate surface area is 847 Å². The van der Waals surface area contributed by atoms with Gasteiger partial charge in [0.1, 0.15) is 46.8 Å². The number of ether oxygens (including phenoxy) is 22. The van der Waals surface area contributed by atoms with Gasteiger partial charge in [-0.05, 0) is 138 Å². The molecule has 0 aliphatic carbocycles. The number of nitrogens with zero attached hydrogens (tertiary/aromatic N) is 11. The third-order valence-corrected chi connectivity index (χ3v) is 22.4. The molecule has 0 saturated carbocycles. The Morgan fingerprint density at radius 3 is 0.908 bits per heavy atom. The Kier molecular flexibility index (Phi) is 70.1. The number of fused-ring (bicyclic) bond motifs is 6. The van der Waals surface area contributed by atoms with Gasteiger partial charge in [-0.15, -0.1) is 0 Å². The van der Waals surface area contributed by atoms with E-state index in [4.69, 9.17) is 136 Å². The number of aldehydes is 1. The summed E-state index contributed by atoms with van der Waals surface area (Å²) in [4.78, 5) is 64.9. The zero-order chi connectivity index (χ0) is 101. The van der Waals surface area contributed by atoms with Gasteiger partial charge in [0, 0.05) is 107 Å². The lowest BCUT2D eigenvalue weighted by Crippen LogP contribution is -2.44. The molecule has 0 amide bonds. The van der Waals surface area contributed by atoms with Crippen LogP contribution in [0.2, 0.25) is 0 Å². The van der Waals surface area contributed by atoms with Gasteiger partial charge in [-0.2, -0.15) is 0 Å². The molecule has 2 fully saturated rings. The number of carbonyl (C=O) groups is 3. The molecular formula is C104H183N13O25. The number of nitrogen functional groups attached to an aromatic ring is 2. The number of likely N-dealkylation sites (N-methyl/N-ethyl adjacent to an activating group) is 3. The minimum atomic E-state index is -0.479. The second kappa shape index (κ2) is 79.3. The van der Waals surface area contributed by atoms with Gasteiger partial charge in [-0.25, -0.2) is 19.9 Å². The highest BCUT2D eigenvalue weighted by Crippen LogP contribution is 2.35. The normalized spacial score (nSPS) is 13.4. The first-order chi connectivity index (χ1) is 68.6.